The molecule has 0 aromatic heterocycles. The fourth-order valence-electron chi connectivity index (χ4n) is 1.56. The lowest BCUT2D eigenvalue weighted by Gasteiger charge is -2.09. The molecule has 13 heavy (non-hydrogen) atoms. The van der Waals surface area contributed by atoms with E-state index in [0.29, 0.717) is 0 Å². The predicted molar refractivity (Wildman–Crippen MR) is 47.4 cm³/mol. The van der Waals surface area contributed by atoms with Crippen molar-refractivity contribution in [1.82, 2.24) is 0 Å². The number of para-hydroxylation sites is 1. The van der Waals surface area contributed by atoms with Crippen molar-refractivity contribution in [1.29, 1.82) is 5.26 Å². The van der Waals surface area contributed by atoms with Gasteiger partial charge in [0.25, 0.3) is 5.72 Å². The SMILES string of the molecule is N#CC12C=Cc3ccccc3N1O2. The van der Waals surface area contributed by atoms with E-state index < -0.39 is 5.72 Å². The Kier molecular flexibility index (Phi) is 0.992. The zero-order valence-corrected chi connectivity index (χ0v) is 6.77. The molecule has 2 aliphatic rings. The zero-order valence-electron chi connectivity index (χ0n) is 6.77. The Bertz CT molecular complexity index is 446. The first-order chi connectivity index (χ1) is 6.36. The third-order valence-corrected chi connectivity index (χ3v) is 2.30. The second kappa shape index (κ2) is 1.93. The molecule has 3 rings (SSSR count). The van der Waals surface area contributed by atoms with Gasteiger partial charge in [0.05, 0.1) is 5.69 Å². The van der Waals surface area contributed by atoms with E-state index in [9.17, 15) is 0 Å². The van der Waals surface area contributed by atoms with Crippen molar-refractivity contribution in [3.8, 4) is 6.07 Å². The van der Waals surface area contributed by atoms with E-state index in [4.69, 9.17) is 10.1 Å². The fraction of sp³-hybridized carbons (Fsp3) is 0.100. The topological polar surface area (TPSA) is 39.3 Å². The molecular formula is C10H6N2O. The molecule has 3 heteroatoms. The molecule has 0 aliphatic carbocycles. The van der Waals surface area contributed by atoms with Crippen molar-refractivity contribution in [2.75, 3.05) is 5.06 Å². The molecule has 0 bridgehead atoms. The van der Waals surface area contributed by atoms with Gasteiger partial charge in [-0.25, -0.2) is 4.84 Å². The molecule has 62 valence electrons. The molecule has 1 fully saturated rings. The largest absolute Gasteiger partial charge is 0.296 e. The summed E-state index contributed by atoms with van der Waals surface area (Å²) in [6, 6.07) is 9.95. The molecule has 1 saturated heterocycles. The summed E-state index contributed by atoms with van der Waals surface area (Å²) >= 11 is 0. The molecule has 0 N–H and O–H groups in total. The summed E-state index contributed by atoms with van der Waals surface area (Å²) in [6.45, 7) is 0. The minimum atomic E-state index is -0.811. The number of nitriles is 1. The first-order valence-electron chi connectivity index (χ1n) is 4.05. The molecule has 0 saturated carbocycles. The van der Waals surface area contributed by atoms with Gasteiger partial charge in [0.15, 0.2) is 0 Å². The van der Waals surface area contributed by atoms with Gasteiger partial charge in [0.1, 0.15) is 6.07 Å². The third kappa shape index (κ3) is 0.707. The van der Waals surface area contributed by atoms with E-state index >= 15 is 0 Å². The van der Waals surface area contributed by atoms with Crippen molar-refractivity contribution >= 4 is 11.8 Å². The minimum Gasteiger partial charge on any atom is -0.218 e. The van der Waals surface area contributed by atoms with E-state index in [2.05, 4.69) is 6.07 Å². The maximum absolute atomic E-state index is 8.85. The van der Waals surface area contributed by atoms with Crippen LogP contribution in [0.3, 0.4) is 0 Å². The first kappa shape index (κ1) is 6.70. The molecule has 2 aliphatic heterocycles. The summed E-state index contributed by atoms with van der Waals surface area (Å²) < 4.78 is 0. The van der Waals surface area contributed by atoms with Crippen LogP contribution >= 0.6 is 0 Å². The summed E-state index contributed by atoms with van der Waals surface area (Å²) in [7, 11) is 0. The van der Waals surface area contributed by atoms with Crippen molar-refractivity contribution in [2.24, 2.45) is 0 Å². The Labute approximate surface area is 75.4 Å². The quantitative estimate of drug-likeness (QED) is 0.556. The first-order valence-corrected chi connectivity index (χ1v) is 4.05. The summed E-state index contributed by atoms with van der Waals surface area (Å²) in [5.74, 6) is 0. The summed E-state index contributed by atoms with van der Waals surface area (Å²) in [6.07, 6.45) is 3.69. The second-order valence-corrected chi connectivity index (χ2v) is 3.09. The highest BCUT2D eigenvalue weighted by Crippen LogP contribution is 2.46. The summed E-state index contributed by atoms with van der Waals surface area (Å²) in [5.41, 5.74) is 1.24. The molecule has 1 aromatic rings. The van der Waals surface area contributed by atoms with Gasteiger partial charge in [-0.2, -0.15) is 10.3 Å². The van der Waals surface area contributed by atoms with Crippen molar-refractivity contribution in [2.45, 2.75) is 5.72 Å². The van der Waals surface area contributed by atoms with Crippen LogP contribution in [-0.4, -0.2) is 5.72 Å². The third-order valence-electron chi connectivity index (χ3n) is 2.30. The Morgan fingerprint density at radius 2 is 2.23 bits per heavy atom. The Balaban J connectivity index is 2.18. The number of hydrogen-bond acceptors (Lipinski definition) is 3. The molecule has 0 amide bonds. The van der Waals surface area contributed by atoms with Crippen LogP contribution in [0, 0.1) is 11.3 Å². The van der Waals surface area contributed by atoms with Crippen LogP contribution in [0.2, 0.25) is 0 Å². The maximum Gasteiger partial charge on any atom is 0.296 e. The highest BCUT2D eigenvalue weighted by atomic mass is 16.9. The lowest BCUT2D eigenvalue weighted by Crippen LogP contribution is -2.15. The van der Waals surface area contributed by atoms with Gasteiger partial charge in [0, 0.05) is 5.56 Å². The number of anilines is 1. The van der Waals surface area contributed by atoms with Gasteiger partial charge < -0.3 is 0 Å². The average molecular weight is 170 g/mol. The van der Waals surface area contributed by atoms with Gasteiger partial charge >= 0.3 is 0 Å². The highest BCUT2D eigenvalue weighted by molar-refractivity contribution is 5.76. The molecule has 3 nitrogen and oxygen atoms in total. The number of hydroxylamine groups is 1. The van der Waals surface area contributed by atoms with E-state index in [-0.39, 0.29) is 0 Å². The van der Waals surface area contributed by atoms with Crippen LogP contribution in [-0.2, 0) is 4.84 Å². The second-order valence-electron chi connectivity index (χ2n) is 3.09. The van der Waals surface area contributed by atoms with E-state index in [0.717, 1.165) is 11.3 Å². The Hall–Kier alpha value is -1.79. The summed E-state index contributed by atoms with van der Waals surface area (Å²) in [4.78, 5) is 5.23. The van der Waals surface area contributed by atoms with Crippen LogP contribution in [0.15, 0.2) is 30.3 Å². The fourth-order valence-corrected chi connectivity index (χ4v) is 1.56. The monoisotopic (exact) mass is 170 g/mol. The van der Waals surface area contributed by atoms with Crippen LogP contribution in [0.25, 0.3) is 6.08 Å². The molecule has 2 heterocycles. The Morgan fingerprint density at radius 3 is 3.08 bits per heavy atom. The van der Waals surface area contributed by atoms with Crippen LogP contribution in [0.1, 0.15) is 5.56 Å². The standard InChI is InChI=1S/C10H6N2O/c11-7-10-6-5-8-3-1-2-4-9(8)12(10)13-10/h1-6H. The van der Waals surface area contributed by atoms with E-state index in [1.165, 1.54) is 0 Å². The number of hydrogen-bond donors (Lipinski definition) is 0. The van der Waals surface area contributed by atoms with Crippen molar-refractivity contribution < 1.29 is 4.84 Å². The van der Waals surface area contributed by atoms with Gasteiger partial charge in [0.2, 0.25) is 0 Å². The maximum atomic E-state index is 8.85. The number of rotatable bonds is 0. The van der Waals surface area contributed by atoms with Crippen LogP contribution in [0.4, 0.5) is 5.69 Å². The van der Waals surface area contributed by atoms with Crippen molar-refractivity contribution in [3.63, 3.8) is 0 Å². The van der Waals surface area contributed by atoms with Gasteiger partial charge in [-0.05, 0) is 12.1 Å². The van der Waals surface area contributed by atoms with E-state index in [1.54, 1.807) is 11.1 Å². The number of benzene rings is 1. The van der Waals surface area contributed by atoms with Crippen molar-refractivity contribution in [3.05, 3.63) is 35.9 Å². The van der Waals surface area contributed by atoms with Crippen LogP contribution < -0.4 is 5.06 Å². The lowest BCUT2D eigenvalue weighted by molar-refractivity contribution is 0.388. The van der Waals surface area contributed by atoms with Crippen LogP contribution in [0.5, 0.6) is 0 Å². The molecule has 1 atom stereocenters. The average Bonchev–Trinajstić information content (AvgIpc) is 2.93. The highest BCUT2D eigenvalue weighted by Gasteiger charge is 2.56. The summed E-state index contributed by atoms with van der Waals surface area (Å²) in [5, 5.41) is 10.5. The lowest BCUT2D eigenvalue weighted by atomic mass is 10.1. The molecule has 1 unspecified atom stereocenters. The minimum absolute atomic E-state index is 0.811. The Morgan fingerprint density at radius 1 is 1.38 bits per heavy atom. The number of nitrogens with zero attached hydrogens (tertiary/aromatic N) is 2. The zero-order chi connectivity index (χ0) is 8.89. The van der Waals surface area contributed by atoms with E-state index in [1.807, 2.05) is 30.3 Å². The molecular weight excluding hydrogens is 164 g/mol. The molecule has 0 spiro atoms. The van der Waals surface area contributed by atoms with Gasteiger partial charge in [-0.15, -0.1) is 0 Å². The molecule has 1 aromatic carbocycles. The number of fused-ring (bicyclic) bond motifs is 3. The molecule has 0 radical (unpaired) electrons. The van der Waals surface area contributed by atoms with Gasteiger partial charge in [-0.3, -0.25) is 0 Å². The predicted octanol–water partition coefficient (Wildman–Crippen LogP) is 1.68. The van der Waals surface area contributed by atoms with Gasteiger partial charge in [-0.1, -0.05) is 24.3 Å². The smallest absolute Gasteiger partial charge is 0.218 e. The normalized spacial score (nSPS) is 27.5.